The van der Waals surface area contributed by atoms with E-state index in [-0.39, 0.29) is 11.5 Å². The van der Waals surface area contributed by atoms with Crippen molar-refractivity contribution in [3.63, 3.8) is 0 Å². The first-order valence-electron chi connectivity index (χ1n) is 9.51. The van der Waals surface area contributed by atoms with Crippen molar-refractivity contribution >= 4 is 12.3 Å². The number of ether oxygens (including phenoxy) is 4. The van der Waals surface area contributed by atoms with Gasteiger partial charge in [0.1, 0.15) is 29.8 Å². The molecule has 1 aliphatic heterocycles. The van der Waals surface area contributed by atoms with Gasteiger partial charge in [0.2, 0.25) is 0 Å². The van der Waals surface area contributed by atoms with Crippen LogP contribution in [0.4, 0.5) is 9.59 Å². The molecule has 1 heterocycles. The third-order valence-corrected chi connectivity index (χ3v) is 4.64. The average molecular weight is 425 g/mol. The Morgan fingerprint density at radius 3 is 2.29 bits per heavy atom. The molecule has 8 heteroatoms. The first-order valence-corrected chi connectivity index (χ1v) is 9.51. The summed E-state index contributed by atoms with van der Waals surface area (Å²) in [6.07, 6.45) is -2.40. The van der Waals surface area contributed by atoms with Crippen LogP contribution >= 0.6 is 0 Å². The smallest absolute Gasteiger partial charge is 0.489 e. The van der Waals surface area contributed by atoms with E-state index in [0.29, 0.717) is 29.3 Å². The van der Waals surface area contributed by atoms with Crippen LogP contribution in [0.5, 0.6) is 5.75 Å². The van der Waals surface area contributed by atoms with Crippen LogP contribution in [0, 0.1) is 0 Å². The van der Waals surface area contributed by atoms with E-state index >= 15 is 0 Å². The second-order valence-electron chi connectivity index (χ2n) is 6.81. The zero-order chi connectivity index (χ0) is 22.4. The molecule has 2 aromatic carbocycles. The molecule has 0 bridgehead atoms. The van der Waals surface area contributed by atoms with Crippen LogP contribution in [-0.4, -0.2) is 24.5 Å². The maximum Gasteiger partial charge on any atom is 0.513 e. The number of hydrogen-bond donors (Lipinski definition) is 2. The number of dihydropyridines is 1. The molecule has 2 N–H and O–H groups in total. The highest BCUT2D eigenvalue weighted by Gasteiger charge is 2.35. The van der Waals surface area contributed by atoms with Gasteiger partial charge in [-0.15, -0.1) is 0 Å². The maximum atomic E-state index is 11.8. The predicted molar refractivity (Wildman–Crippen MR) is 111 cm³/mol. The Labute approximate surface area is 179 Å². The van der Waals surface area contributed by atoms with Crippen LogP contribution in [0.25, 0.3) is 0 Å². The fraction of sp³-hybridized carbons (Fsp3) is 0.217. The lowest BCUT2D eigenvalue weighted by atomic mass is 9.90. The molecule has 0 aromatic heterocycles. The lowest BCUT2D eigenvalue weighted by Crippen LogP contribution is -2.28. The zero-order valence-electron chi connectivity index (χ0n) is 17.4. The van der Waals surface area contributed by atoms with Gasteiger partial charge in [-0.2, -0.15) is 0 Å². The standard InChI is InChI=1S/C23H23NO7/c1-14-20(30-22(25)26)19(21(15(2)24-14)31-23(27)28-3)17-10-7-11-18(12-17)29-13-16-8-5-4-6-9-16/h4-12,19,24H,13H2,1-3H3,(H,25,26). The van der Waals surface area contributed by atoms with E-state index in [2.05, 4.69) is 10.1 Å². The van der Waals surface area contributed by atoms with Gasteiger partial charge in [0.05, 0.1) is 18.5 Å². The van der Waals surface area contributed by atoms with E-state index < -0.39 is 18.2 Å². The van der Waals surface area contributed by atoms with Gasteiger partial charge in [-0.25, -0.2) is 9.59 Å². The third-order valence-electron chi connectivity index (χ3n) is 4.64. The van der Waals surface area contributed by atoms with Gasteiger partial charge < -0.3 is 29.4 Å². The fourth-order valence-corrected chi connectivity index (χ4v) is 3.28. The van der Waals surface area contributed by atoms with E-state index in [1.54, 1.807) is 38.1 Å². The number of allylic oxidation sites excluding steroid dienone is 2. The molecule has 0 aliphatic carbocycles. The van der Waals surface area contributed by atoms with Crippen molar-refractivity contribution in [2.75, 3.05) is 7.11 Å². The topological polar surface area (TPSA) is 103 Å². The van der Waals surface area contributed by atoms with Crippen LogP contribution in [0.3, 0.4) is 0 Å². The molecule has 1 atom stereocenters. The summed E-state index contributed by atoms with van der Waals surface area (Å²) in [6.45, 7) is 3.76. The summed E-state index contributed by atoms with van der Waals surface area (Å²) >= 11 is 0. The van der Waals surface area contributed by atoms with Crippen LogP contribution in [-0.2, 0) is 20.8 Å². The van der Waals surface area contributed by atoms with Gasteiger partial charge in [0.15, 0.2) is 0 Å². The fourth-order valence-electron chi connectivity index (χ4n) is 3.28. The minimum Gasteiger partial charge on any atom is -0.489 e. The molecule has 0 spiro atoms. The van der Waals surface area contributed by atoms with Gasteiger partial charge in [-0.1, -0.05) is 42.5 Å². The van der Waals surface area contributed by atoms with E-state index in [1.165, 1.54) is 7.11 Å². The molecule has 1 unspecified atom stereocenters. The Hall–Kier alpha value is -3.94. The van der Waals surface area contributed by atoms with Gasteiger partial charge in [0.25, 0.3) is 0 Å². The van der Waals surface area contributed by atoms with Gasteiger partial charge in [0, 0.05) is 0 Å². The number of rotatable bonds is 6. The molecule has 0 radical (unpaired) electrons. The lowest BCUT2D eigenvalue weighted by molar-refractivity contribution is 0.0848. The quantitative estimate of drug-likeness (QED) is 0.631. The first-order chi connectivity index (χ1) is 14.9. The van der Waals surface area contributed by atoms with Crippen LogP contribution < -0.4 is 10.1 Å². The molecule has 0 amide bonds. The Kier molecular flexibility index (Phi) is 6.81. The Balaban J connectivity index is 1.96. The maximum absolute atomic E-state index is 11.8. The molecule has 31 heavy (non-hydrogen) atoms. The second kappa shape index (κ2) is 9.71. The highest BCUT2D eigenvalue weighted by molar-refractivity contribution is 5.64. The highest BCUT2D eigenvalue weighted by atomic mass is 16.7. The van der Waals surface area contributed by atoms with Crippen LogP contribution in [0.2, 0.25) is 0 Å². The summed E-state index contributed by atoms with van der Waals surface area (Å²) in [4.78, 5) is 23.2. The lowest BCUT2D eigenvalue weighted by Gasteiger charge is -2.30. The Morgan fingerprint density at radius 1 is 0.968 bits per heavy atom. The van der Waals surface area contributed by atoms with Crippen molar-refractivity contribution in [3.05, 3.63) is 88.6 Å². The van der Waals surface area contributed by atoms with Crippen molar-refractivity contribution in [2.45, 2.75) is 26.4 Å². The first kappa shape index (κ1) is 21.8. The predicted octanol–water partition coefficient (Wildman–Crippen LogP) is 4.89. The molecular weight excluding hydrogens is 402 g/mol. The van der Waals surface area contributed by atoms with E-state index in [9.17, 15) is 14.7 Å². The molecular formula is C23H23NO7. The van der Waals surface area contributed by atoms with Crippen molar-refractivity contribution < 1.29 is 33.6 Å². The Bertz CT molecular complexity index is 1030. The monoisotopic (exact) mass is 425 g/mol. The summed E-state index contributed by atoms with van der Waals surface area (Å²) in [6, 6.07) is 16.8. The van der Waals surface area contributed by atoms with Crippen LogP contribution in [0.15, 0.2) is 77.5 Å². The number of carbonyl (C=O) groups is 2. The van der Waals surface area contributed by atoms with Crippen molar-refractivity contribution in [2.24, 2.45) is 0 Å². The van der Waals surface area contributed by atoms with Gasteiger partial charge in [-0.3, -0.25) is 0 Å². The second-order valence-corrected chi connectivity index (χ2v) is 6.81. The number of methoxy groups -OCH3 is 1. The SMILES string of the molecule is COC(=O)OC1=C(C)NC(C)=C(OC(=O)O)C1c1cccc(OCc2ccccc2)c1. The molecule has 3 rings (SSSR count). The minimum atomic E-state index is -1.48. The molecule has 162 valence electrons. The minimum absolute atomic E-state index is 0.0946. The highest BCUT2D eigenvalue weighted by Crippen LogP contribution is 2.40. The number of hydrogen-bond acceptors (Lipinski definition) is 7. The van der Waals surface area contributed by atoms with Crippen LogP contribution in [0.1, 0.15) is 30.9 Å². The summed E-state index contributed by atoms with van der Waals surface area (Å²) in [5.74, 6) is 0.0464. The Morgan fingerprint density at radius 2 is 1.65 bits per heavy atom. The van der Waals surface area contributed by atoms with Crippen molar-refractivity contribution in [1.82, 2.24) is 5.32 Å². The number of benzene rings is 2. The molecule has 1 aliphatic rings. The normalized spacial score (nSPS) is 15.8. The summed E-state index contributed by atoms with van der Waals surface area (Å²) < 4.78 is 20.9. The molecule has 0 fully saturated rings. The summed E-state index contributed by atoms with van der Waals surface area (Å²) in [7, 11) is 1.19. The van der Waals surface area contributed by atoms with Gasteiger partial charge >= 0.3 is 12.3 Å². The van der Waals surface area contributed by atoms with Crippen molar-refractivity contribution in [1.29, 1.82) is 0 Å². The van der Waals surface area contributed by atoms with E-state index in [1.807, 2.05) is 30.3 Å². The zero-order valence-corrected chi connectivity index (χ0v) is 17.4. The molecule has 8 nitrogen and oxygen atoms in total. The number of carboxylic acid groups (broad SMARTS) is 1. The van der Waals surface area contributed by atoms with Gasteiger partial charge in [-0.05, 0) is 37.1 Å². The van der Waals surface area contributed by atoms with E-state index in [4.69, 9.17) is 14.2 Å². The molecule has 2 aromatic rings. The third kappa shape index (κ3) is 5.36. The summed E-state index contributed by atoms with van der Waals surface area (Å²) in [5.41, 5.74) is 2.64. The number of nitrogens with one attached hydrogen (secondary N) is 1. The average Bonchev–Trinajstić information content (AvgIpc) is 2.76. The molecule has 0 saturated carbocycles. The largest absolute Gasteiger partial charge is 0.513 e. The van der Waals surface area contributed by atoms with E-state index in [0.717, 1.165) is 5.56 Å². The summed E-state index contributed by atoms with van der Waals surface area (Å²) in [5, 5.41) is 12.2. The number of carbonyl (C=O) groups excluding carboxylic acids is 1. The molecule has 0 saturated heterocycles. The van der Waals surface area contributed by atoms with Crippen molar-refractivity contribution in [3.8, 4) is 5.75 Å².